The number of Topliss-reactive ketones (excluding diaryl/α,β-unsaturated/α-hetero) is 4. The van der Waals surface area contributed by atoms with E-state index in [0.29, 0.717) is 40.2 Å². The standard InChI is InChI=1S/C14H12N2O2.C13H10N2O2.CH4O3S/c1-7(2)14-15-10-8-5-3-4-6-9(8)12(17)13(18)11(10)16-14;1-7-14-10-8-5-3-4-6-9(8)12(16)13(17)11(10)15(7)2;1-5(2,3)4/h3-7H,1-2H3,(H,15,16);3-6H,1-2H3;1H3,(H,2,3,4). The number of nitrogens with zero attached hydrogens (tertiary/aromatic N) is 3. The van der Waals surface area contributed by atoms with Crippen LogP contribution in [-0.4, -0.2) is 61.9 Å². The molecular weight excluding hydrogens is 536 g/mol. The van der Waals surface area contributed by atoms with E-state index in [4.69, 9.17) is 4.55 Å². The highest BCUT2D eigenvalue weighted by Crippen LogP contribution is 2.34. The van der Waals surface area contributed by atoms with Crippen LogP contribution in [-0.2, 0) is 17.2 Å². The molecule has 2 aliphatic rings. The molecule has 2 N–H and O–H groups in total. The molecular formula is C28H26N4O7S. The van der Waals surface area contributed by atoms with E-state index in [1.54, 1.807) is 35.9 Å². The fourth-order valence-electron chi connectivity index (χ4n) is 4.32. The quantitative estimate of drug-likeness (QED) is 0.258. The van der Waals surface area contributed by atoms with E-state index in [0.717, 1.165) is 22.8 Å². The number of hydrogen-bond acceptors (Lipinski definition) is 8. The molecule has 2 aliphatic carbocycles. The Hall–Kier alpha value is -4.55. The topological polar surface area (TPSA) is 169 Å². The molecule has 2 heterocycles. The molecule has 0 bridgehead atoms. The summed E-state index contributed by atoms with van der Waals surface area (Å²) in [5.74, 6) is -0.227. The van der Waals surface area contributed by atoms with Crippen molar-refractivity contribution in [2.75, 3.05) is 6.26 Å². The molecule has 0 amide bonds. The van der Waals surface area contributed by atoms with Crippen molar-refractivity contribution in [2.24, 2.45) is 7.05 Å². The van der Waals surface area contributed by atoms with Crippen LogP contribution in [0, 0.1) is 6.92 Å². The van der Waals surface area contributed by atoms with E-state index in [2.05, 4.69) is 15.0 Å². The Labute approximate surface area is 230 Å². The predicted molar refractivity (Wildman–Crippen MR) is 146 cm³/mol. The van der Waals surface area contributed by atoms with Gasteiger partial charge in [-0.25, -0.2) is 9.97 Å². The first kappa shape index (κ1) is 28.5. The lowest BCUT2D eigenvalue weighted by Crippen LogP contribution is -2.23. The summed E-state index contributed by atoms with van der Waals surface area (Å²) in [6, 6.07) is 14.2. The van der Waals surface area contributed by atoms with Gasteiger partial charge in [-0.3, -0.25) is 23.7 Å². The van der Waals surface area contributed by atoms with Crippen molar-refractivity contribution >= 4 is 33.3 Å². The van der Waals surface area contributed by atoms with Crippen molar-refractivity contribution in [1.82, 2.24) is 19.5 Å². The molecule has 12 heteroatoms. The lowest BCUT2D eigenvalue weighted by atomic mass is 9.90. The minimum absolute atomic E-state index is 0.186. The third-order valence-electron chi connectivity index (χ3n) is 6.30. The number of carbonyl (C=O) groups is 4. The molecule has 0 fully saturated rings. The largest absolute Gasteiger partial charge is 0.338 e. The number of hydrogen-bond donors (Lipinski definition) is 2. The van der Waals surface area contributed by atoms with E-state index in [1.807, 2.05) is 45.0 Å². The Morgan fingerprint density at radius 3 is 1.73 bits per heavy atom. The molecule has 0 saturated heterocycles. The van der Waals surface area contributed by atoms with Crippen LogP contribution in [0.1, 0.15) is 73.1 Å². The summed E-state index contributed by atoms with van der Waals surface area (Å²) in [7, 11) is -1.92. The first-order valence-corrected chi connectivity index (χ1v) is 14.0. The van der Waals surface area contributed by atoms with Crippen LogP contribution in [0.2, 0.25) is 0 Å². The zero-order chi connectivity index (χ0) is 29.5. The molecule has 0 unspecified atom stereocenters. The summed E-state index contributed by atoms with van der Waals surface area (Å²) in [5, 5.41) is 0. The van der Waals surface area contributed by atoms with E-state index >= 15 is 0 Å². The van der Waals surface area contributed by atoms with E-state index < -0.39 is 33.3 Å². The number of carbonyl (C=O) groups excluding carboxylic acids is 4. The van der Waals surface area contributed by atoms with Gasteiger partial charge in [0.2, 0.25) is 11.6 Å². The fraction of sp³-hybridized carbons (Fsp3) is 0.214. The summed E-state index contributed by atoms with van der Waals surface area (Å²) < 4.78 is 27.5. The number of aromatic amines is 1. The summed E-state index contributed by atoms with van der Waals surface area (Å²) >= 11 is 0. The highest BCUT2D eigenvalue weighted by atomic mass is 32.2. The maximum Gasteiger partial charge on any atom is 0.261 e. The third kappa shape index (κ3) is 5.31. The van der Waals surface area contributed by atoms with Crippen LogP contribution in [0.15, 0.2) is 48.5 Å². The van der Waals surface area contributed by atoms with Gasteiger partial charge in [0.05, 0.1) is 6.26 Å². The number of aryl methyl sites for hydroxylation is 1. The molecule has 0 saturated carbocycles. The van der Waals surface area contributed by atoms with Crippen LogP contribution in [0.3, 0.4) is 0 Å². The number of benzene rings is 2. The van der Waals surface area contributed by atoms with Crippen molar-refractivity contribution in [3.05, 3.63) is 82.7 Å². The van der Waals surface area contributed by atoms with Gasteiger partial charge >= 0.3 is 0 Å². The lowest BCUT2D eigenvalue weighted by Gasteiger charge is -2.13. The summed E-state index contributed by atoms with van der Waals surface area (Å²) in [5.41, 5.74) is 4.30. The molecule has 2 aromatic heterocycles. The Morgan fingerprint density at radius 2 is 1.23 bits per heavy atom. The van der Waals surface area contributed by atoms with Crippen molar-refractivity contribution in [3.8, 4) is 22.5 Å². The Bertz CT molecular complexity index is 1810. The number of aromatic nitrogens is 4. The van der Waals surface area contributed by atoms with Gasteiger partial charge in [0.25, 0.3) is 21.7 Å². The van der Waals surface area contributed by atoms with Crippen LogP contribution in [0.5, 0.6) is 0 Å². The van der Waals surface area contributed by atoms with Crippen LogP contribution in [0.4, 0.5) is 0 Å². The van der Waals surface area contributed by atoms with Gasteiger partial charge in [-0.2, -0.15) is 8.42 Å². The SMILES string of the molecule is CC(C)c1nc2c([nH]1)C(=O)C(=O)c1ccccc1-2.CS(=O)(=O)O.Cc1nc2c(n1C)C(=O)C(=O)c1ccccc1-2. The number of ketones is 4. The first-order valence-electron chi connectivity index (χ1n) is 12.1. The molecule has 0 radical (unpaired) electrons. The van der Waals surface area contributed by atoms with Gasteiger partial charge < -0.3 is 9.55 Å². The number of H-pyrrole nitrogens is 1. The van der Waals surface area contributed by atoms with E-state index in [1.165, 1.54) is 0 Å². The van der Waals surface area contributed by atoms with Gasteiger partial charge in [0, 0.05) is 35.2 Å². The van der Waals surface area contributed by atoms with Crippen molar-refractivity contribution in [3.63, 3.8) is 0 Å². The summed E-state index contributed by atoms with van der Waals surface area (Å²) in [6.45, 7) is 5.80. The fourth-order valence-corrected chi connectivity index (χ4v) is 4.32. The molecule has 206 valence electrons. The Kier molecular flexibility index (Phi) is 7.50. The molecule has 6 rings (SSSR count). The third-order valence-corrected chi connectivity index (χ3v) is 6.30. The van der Waals surface area contributed by atoms with Gasteiger partial charge in [0.1, 0.15) is 34.4 Å². The highest BCUT2D eigenvalue weighted by molar-refractivity contribution is 7.85. The average molecular weight is 563 g/mol. The normalized spacial score (nSPS) is 13.4. The Morgan fingerprint density at radius 1 is 0.775 bits per heavy atom. The van der Waals surface area contributed by atoms with Crippen LogP contribution in [0.25, 0.3) is 22.5 Å². The van der Waals surface area contributed by atoms with Crippen LogP contribution < -0.4 is 0 Å². The van der Waals surface area contributed by atoms with E-state index in [9.17, 15) is 27.6 Å². The van der Waals surface area contributed by atoms with Gasteiger partial charge in [-0.05, 0) is 6.92 Å². The second-order valence-corrected chi connectivity index (χ2v) is 11.0. The van der Waals surface area contributed by atoms with Gasteiger partial charge in [-0.1, -0.05) is 62.4 Å². The zero-order valence-electron chi connectivity index (χ0n) is 22.3. The number of imidazole rings is 2. The second kappa shape index (κ2) is 10.5. The summed E-state index contributed by atoms with van der Waals surface area (Å²) in [4.78, 5) is 59.7. The Balaban J connectivity index is 0.000000159. The number of fused-ring (bicyclic) bond motifs is 6. The molecule has 2 aromatic carbocycles. The van der Waals surface area contributed by atoms with E-state index in [-0.39, 0.29) is 5.92 Å². The average Bonchev–Trinajstić information content (AvgIpc) is 3.48. The maximum atomic E-state index is 12.0. The highest BCUT2D eigenvalue weighted by Gasteiger charge is 2.35. The minimum atomic E-state index is -3.67. The number of nitrogens with one attached hydrogen (secondary N) is 1. The molecule has 11 nitrogen and oxygen atoms in total. The summed E-state index contributed by atoms with van der Waals surface area (Å²) in [6.07, 6.45) is 0.715. The smallest absolute Gasteiger partial charge is 0.261 e. The van der Waals surface area contributed by atoms with Crippen molar-refractivity contribution < 1.29 is 32.1 Å². The first-order chi connectivity index (χ1) is 18.7. The monoisotopic (exact) mass is 562 g/mol. The minimum Gasteiger partial charge on any atom is -0.338 e. The zero-order valence-corrected chi connectivity index (χ0v) is 23.2. The molecule has 40 heavy (non-hydrogen) atoms. The maximum absolute atomic E-state index is 12.0. The van der Waals surface area contributed by atoms with Crippen molar-refractivity contribution in [2.45, 2.75) is 26.7 Å². The second-order valence-electron chi connectivity index (χ2n) is 9.56. The molecule has 4 aromatic rings. The molecule has 0 spiro atoms. The number of rotatable bonds is 1. The molecule has 0 aliphatic heterocycles. The molecule has 0 atom stereocenters. The van der Waals surface area contributed by atoms with Crippen LogP contribution >= 0.6 is 0 Å². The van der Waals surface area contributed by atoms with Gasteiger partial charge in [0.15, 0.2) is 0 Å². The predicted octanol–water partition coefficient (Wildman–Crippen LogP) is 3.86. The van der Waals surface area contributed by atoms with Crippen molar-refractivity contribution in [1.29, 1.82) is 0 Å². The van der Waals surface area contributed by atoms with Gasteiger partial charge in [-0.15, -0.1) is 0 Å². The lowest BCUT2D eigenvalue weighted by molar-refractivity contribution is 0.0810.